The fourth-order valence-corrected chi connectivity index (χ4v) is 8.02. The molecule has 0 aromatic heterocycles. The van der Waals surface area contributed by atoms with Crippen molar-refractivity contribution >= 4 is 17.9 Å². The third kappa shape index (κ3) is 58.6. The average molecular weight is 1010 g/mol. The van der Waals surface area contributed by atoms with E-state index in [1.54, 1.807) is 0 Å². The molecular formula is C67H110O6. The van der Waals surface area contributed by atoms with E-state index in [1.165, 1.54) is 83.5 Å². The number of unbranched alkanes of at least 4 members (excludes halogenated alkanes) is 26. The Hall–Kier alpha value is -4.19. The highest BCUT2D eigenvalue weighted by atomic mass is 16.6. The minimum Gasteiger partial charge on any atom is -0.462 e. The molecule has 0 heterocycles. The topological polar surface area (TPSA) is 78.9 Å². The number of esters is 3. The SMILES string of the molecule is CC/C=C\C/C=C\C/C=C\C/C=C\CCCCCCCCC(=O)OCC(COC(=O)CCCCCCC/C=C\C=C/CCCCCCCCC)OC(=O)CCCCCCC\C=C/C=C\C=C/C=C\CCCCC. The van der Waals surface area contributed by atoms with Crippen LogP contribution in [0.15, 0.2) is 122 Å². The van der Waals surface area contributed by atoms with Crippen LogP contribution in [-0.4, -0.2) is 37.2 Å². The summed E-state index contributed by atoms with van der Waals surface area (Å²) in [5, 5.41) is 0. The number of carbonyl (C=O) groups is 3. The van der Waals surface area contributed by atoms with Crippen LogP contribution in [0.1, 0.15) is 265 Å². The Kier molecular flexibility index (Phi) is 56.9. The monoisotopic (exact) mass is 1010 g/mol. The van der Waals surface area contributed by atoms with Crippen LogP contribution in [0.4, 0.5) is 0 Å². The molecule has 414 valence electrons. The van der Waals surface area contributed by atoms with E-state index in [2.05, 4.69) is 142 Å². The summed E-state index contributed by atoms with van der Waals surface area (Å²) < 4.78 is 16.9. The van der Waals surface area contributed by atoms with Gasteiger partial charge in [0.2, 0.25) is 0 Å². The molecule has 0 spiro atoms. The maximum absolute atomic E-state index is 12.9. The predicted octanol–water partition coefficient (Wildman–Crippen LogP) is 20.4. The van der Waals surface area contributed by atoms with Crippen molar-refractivity contribution in [2.45, 2.75) is 271 Å². The van der Waals surface area contributed by atoms with Gasteiger partial charge in [0.25, 0.3) is 0 Å². The summed E-state index contributed by atoms with van der Waals surface area (Å²) in [5.74, 6) is -0.953. The Labute approximate surface area is 450 Å². The lowest BCUT2D eigenvalue weighted by Crippen LogP contribution is -2.30. The third-order valence-electron chi connectivity index (χ3n) is 12.5. The summed E-state index contributed by atoms with van der Waals surface area (Å²) in [6.45, 7) is 6.44. The highest BCUT2D eigenvalue weighted by Gasteiger charge is 2.19. The number of carbonyl (C=O) groups excluding carboxylic acids is 3. The number of rotatable bonds is 53. The lowest BCUT2D eigenvalue weighted by molar-refractivity contribution is -0.167. The van der Waals surface area contributed by atoms with Gasteiger partial charge in [-0.2, -0.15) is 0 Å². The maximum Gasteiger partial charge on any atom is 0.306 e. The first-order valence-electron chi connectivity index (χ1n) is 30.1. The van der Waals surface area contributed by atoms with Gasteiger partial charge in [-0.1, -0.05) is 258 Å². The van der Waals surface area contributed by atoms with Crippen molar-refractivity contribution in [3.63, 3.8) is 0 Å². The summed E-state index contributed by atoms with van der Waals surface area (Å²) >= 11 is 0. The molecule has 0 aliphatic carbocycles. The summed E-state index contributed by atoms with van der Waals surface area (Å²) in [7, 11) is 0. The second kappa shape index (κ2) is 60.4. The molecule has 0 bridgehead atoms. The molecular weight excluding hydrogens is 901 g/mol. The summed E-state index contributed by atoms with van der Waals surface area (Å²) in [6.07, 6.45) is 83.2. The molecule has 0 aliphatic heterocycles. The van der Waals surface area contributed by atoms with Gasteiger partial charge in [-0.25, -0.2) is 0 Å². The zero-order valence-electron chi connectivity index (χ0n) is 47.4. The molecule has 0 N–H and O–H groups in total. The summed E-state index contributed by atoms with van der Waals surface area (Å²) in [6, 6.07) is 0. The molecule has 6 nitrogen and oxygen atoms in total. The van der Waals surface area contributed by atoms with E-state index in [0.717, 1.165) is 141 Å². The van der Waals surface area contributed by atoms with Crippen molar-refractivity contribution in [3.8, 4) is 0 Å². The van der Waals surface area contributed by atoms with Crippen molar-refractivity contribution in [3.05, 3.63) is 122 Å². The van der Waals surface area contributed by atoms with Crippen LogP contribution in [0.3, 0.4) is 0 Å². The highest BCUT2D eigenvalue weighted by molar-refractivity contribution is 5.71. The Bertz CT molecular complexity index is 1540. The van der Waals surface area contributed by atoms with Gasteiger partial charge in [-0.3, -0.25) is 14.4 Å². The lowest BCUT2D eigenvalue weighted by atomic mass is 10.1. The molecule has 0 amide bonds. The standard InChI is InChI=1S/C67H110O6/c1-4-7-10-13-16-19-22-25-28-31-34-37-39-42-45-48-51-54-57-60-66(69)72-63-64(73-67(70)61-58-55-52-49-46-43-40-36-33-30-27-24-21-18-15-12-9-6-3)62-71-65(68)59-56-53-50-47-44-41-38-35-32-29-26-23-20-17-14-11-8-5-2/h7,10,16,18-19,21,24-25,27-30,32-38,40,64H,4-6,8-9,11-15,17,20,22-23,26,31,39,41-63H2,1-3H3/b10-7-,19-16-,21-18-,27-24-,28-25-,32-29-,33-30-,37-34-,38-35-,40-36-. The van der Waals surface area contributed by atoms with Gasteiger partial charge in [0.15, 0.2) is 6.10 Å². The van der Waals surface area contributed by atoms with Gasteiger partial charge < -0.3 is 14.2 Å². The fourth-order valence-electron chi connectivity index (χ4n) is 8.02. The van der Waals surface area contributed by atoms with Gasteiger partial charge >= 0.3 is 17.9 Å². The van der Waals surface area contributed by atoms with Crippen molar-refractivity contribution in [1.82, 2.24) is 0 Å². The number of allylic oxidation sites excluding steroid dienone is 20. The molecule has 1 unspecified atom stereocenters. The third-order valence-corrected chi connectivity index (χ3v) is 12.5. The van der Waals surface area contributed by atoms with Gasteiger partial charge in [-0.05, 0) is 109 Å². The number of hydrogen-bond acceptors (Lipinski definition) is 6. The summed E-state index contributed by atoms with van der Waals surface area (Å²) in [4.78, 5) is 38.3. The van der Waals surface area contributed by atoms with Crippen molar-refractivity contribution in [2.24, 2.45) is 0 Å². The van der Waals surface area contributed by atoms with Gasteiger partial charge in [0.05, 0.1) is 0 Å². The minimum atomic E-state index is -0.808. The largest absolute Gasteiger partial charge is 0.462 e. The molecule has 73 heavy (non-hydrogen) atoms. The first-order valence-corrected chi connectivity index (χ1v) is 30.1. The molecule has 0 radical (unpaired) electrons. The van der Waals surface area contributed by atoms with Crippen molar-refractivity contribution in [2.75, 3.05) is 13.2 Å². The van der Waals surface area contributed by atoms with Crippen LogP contribution >= 0.6 is 0 Å². The van der Waals surface area contributed by atoms with Crippen LogP contribution < -0.4 is 0 Å². The Balaban J connectivity index is 4.51. The average Bonchev–Trinajstić information content (AvgIpc) is 3.39. The minimum absolute atomic E-state index is 0.103. The quantitative estimate of drug-likeness (QED) is 0.0199. The van der Waals surface area contributed by atoms with E-state index >= 15 is 0 Å². The molecule has 0 rings (SSSR count). The highest BCUT2D eigenvalue weighted by Crippen LogP contribution is 2.14. The van der Waals surface area contributed by atoms with Gasteiger partial charge in [-0.15, -0.1) is 0 Å². The normalized spacial score (nSPS) is 13.0. The molecule has 1 atom stereocenters. The van der Waals surface area contributed by atoms with E-state index in [4.69, 9.17) is 14.2 Å². The summed E-state index contributed by atoms with van der Waals surface area (Å²) in [5.41, 5.74) is 0. The lowest BCUT2D eigenvalue weighted by Gasteiger charge is -2.18. The molecule has 0 aromatic carbocycles. The van der Waals surface area contributed by atoms with Crippen LogP contribution in [-0.2, 0) is 28.6 Å². The first kappa shape index (κ1) is 68.8. The molecule has 0 aromatic rings. The van der Waals surface area contributed by atoms with Crippen LogP contribution in [0.2, 0.25) is 0 Å². The predicted molar refractivity (Wildman–Crippen MR) is 316 cm³/mol. The van der Waals surface area contributed by atoms with E-state index < -0.39 is 6.10 Å². The van der Waals surface area contributed by atoms with E-state index in [1.807, 2.05) is 0 Å². The van der Waals surface area contributed by atoms with Crippen molar-refractivity contribution in [1.29, 1.82) is 0 Å². The molecule has 6 heteroatoms. The van der Waals surface area contributed by atoms with Gasteiger partial charge in [0.1, 0.15) is 13.2 Å². The fraction of sp³-hybridized carbons (Fsp3) is 0.657. The molecule has 0 aliphatic rings. The van der Waals surface area contributed by atoms with E-state index in [0.29, 0.717) is 19.3 Å². The smallest absolute Gasteiger partial charge is 0.306 e. The zero-order valence-corrected chi connectivity index (χ0v) is 47.4. The Morgan fingerprint density at radius 1 is 0.301 bits per heavy atom. The second-order valence-corrected chi connectivity index (χ2v) is 19.6. The number of ether oxygens (including phenoxy) is 3. The molecule has 0 saturated heterocycles. The van der Waals surface area contributed by atoms with E-state index in [9.17, 15) is 14.4 Å². The Morgan fingerprint density at radius 3 is 1.00 bits per heavy atom. The van der Waals surface area contributed by atoms with Gasteiger partial charge in [0, 0.05) is 19.3 Å². The molecule has 0 fully saturated rings. The molecule has 0 saturated carbocycles. The number of hydrogen-bond donors (Lipinski definition) is 0. The van der Waals surface area contributed by atoms with Crippen LogP contribution in [0.25, 0.3) is 0 Å². The Morgan fingerprint density at radius 2 is 0.589 bits per heavy atom. The van der Waals surface area contributed by atoms with Crippen LogP contribution in [0, 0.1) is 0 Å². The maximum atomic E-state index is 12.9. The van der Waals surface area contributed by atoms with Crippen molar-refractivity contribution < 1.29 is 28.6 Å². The van der Waals surface area contributed by atoms with E-state index in [-0.39, 0.29) is 31.1 Å². The second-order valence-electron chi connectivity index (χ2n) is 19.6. The first-order chi connectivity index (χ1) is 36.0. The van der Waals surface area contributed by atoms with Crippen LogP contribution in [0.5, 0.6) is 0 Å². The zero-order chi connectivity index (χ0) is 52.9.